The number of rotatable bonds is 0. The normalized spacial score (nSPS) is 20.6. The smallest absolute Gasteiger partial charge is 0.134 e. The maximum Gasteiger partial charge on any atom is 0.134 e. The van der Waals surface area contributed by atoms with Crippen molar-refractivity contribution in [1.29, 1.82) is 0 Å². The van der Waals surface area contributed by atoms with Crippen LogP contribution in [-0.4, -0.2) is 13.8 Å². The van der Waals surface area contributed by atoms with Gasteiger partial charge in [0.1, 0.15) is 3.05 Å². The Labute approximate surface area is 71.5 Å². The molecule has 0 saturated heterocycles. The van der Waals surface area contributed by atoms with Crippen molar-refractivity contribution in [3.63, 3.8) is 0 Å². The van der Waals surface area contributed by atoms with E-state index in [9.17, 15) is 0 Å². The molecule has 0 aromatic heterocycles. The molecule has 0 aromatic rings. The Morgan fingerprint density at radius 1 is 1.75 bits per heavy atom. The van der Waals surface area contributed by atoms with Gasteiger partial charge in [-0.15, -0.1) is 0 Å². The Hall–Kier alpha value is 0.840. The first-order valence-corrected chi connectivity index (χ1v) is 4.50. The summed E-state index contributed by atoms with van der Waals surface area (Å²) < 4.78 is 2.16. The van der Waals surface area contributed by atoms with E-state index >= 15 is 0 Å². The zero-order chi connectivity index (χ0) is 5.98. The molecule has 8 heavy (non-hydrogen) atoms. The Bertz CT molecular complexity index is 143. The zero-order valence-corrected chi connectivity index (χ0v) is 7.85. The van der Waals surface area contributed by atoms with Crippen molar-refractivity contribution in [1.82, 2.24) is 0 Å². The highest BCUT2D eigenvalue weighted by Crippen LogP contribution is 2.19. The third kappa shape index (κ3) is 1.99. The van der Waals surface area contributed by atoms with Gasteiger partial charge in [0.2, 0.25) is 0 Å². The van der Waals surface area contributed by atoms with Crippen molar-refractivity contribution in [3.8, 4) is 0 Å². The molecule has 0 spiro atoms. The molecule has 1 nitrogen and oxygen atoms in total. The van der Waals surface area contributed by atoms with Crippen LogP contribution in [0.5, 0.6) is 0 Å². The van der Waals surface area contributed by atoms with Crippen LogP contribution < -0.4 is 0 Å². The summed E-state index contributed by atoms with van der Waals surface area (Å²) >= 11 is 8.77. The lowest BCUT2D eigenvalue weighted by Gasteiger charge is -2.04. The summed E-state index contributed by atoms with van der Waals surface area (Å²) in [6.45, 7) is 0.893. The molecule has 4 heteroatoms. The van der Waals surface area contributed by atoms with Crippen molar-refractivity contribution in [2.45, 2.75) is 6.42 Å². The fraction of sp³-hybridized carbons (Fsp3) is 0.500. The lowest BCUT2D eigenvalue weighted by atomic mass is 10.5. The first-order valence-electron chi connectivity index (χ1n) is 2.19. The van der Waals surface area contributed by atoms with Crippen LogP contribution in [0.25, 0.3) is 0 Å². The van der Waals surface area contributed by atoms with E-state index < -0.39 is 0 Å². The summed E-state index contributed by atoms with van der Waals surface area (Å²) in [4.78, 5) is 4.16. The third-order valence-corrected chi connectivity index (χ3v) is 2.94. The van der Waals surface area contributed by atoms with Crippen molar-refractivity contribution in [2.75, 3.05) is 6.54 Å². The summed E-state index contributed by atoms with van der Waals surface area (Å²) in [5.41, 5.74) is 0. The molecule has 0 radical (unpaired) electrons. The van der Waals surface area contributed by atoms with Crippen LogP contribution in [0.3, 0.4) is 0 Å². The van der Waals surface area contributed by atoms with Gasteiger partial charge < -0.3 is 0 Å². The van der Waals surface area contributed by atoms with E-state index in [0.717, 1.165) is 20.2 Å². The minimum atomic E-state index is 0.893. The van der Waals surface area contributed by atoms with Crippen LogP contribution in [0.15, 0.2) is 4.99 Å². The summed E-state index contributed by atoms with van der Waals surface area (Å²) in [6.07, 6.45) is 0.979. The highest BCUT2D eigenvalue weighted by Gasteiger charge is 2.05. The topological polar surface area (TPSA) is 12.4 Å². The number of hydrogen-bond donors (Lipinski definition) is 0. The molecule has 0 amide bonds. The van der Waals surface area contributed by atoms with Gasteiger partial charge in [0, 0.05) is 13.0 Å². The molecule has 44 valence electrons. The molecule has 0 fully saturated rings. The Morgan fingerprint density at radius 3 is 2.88 bits per heavy atom. The van der Waals surface area contributed by atoms with Crippen molar-refractivity contribution >= 4 is 53.8 Å². The van der Waals surface area contributed by atoms with Gasteiger partial charge in [-0.05, 0) is 22.6 Å². The standard InChI is InChI=1S/C4H4INS2/c5-4-6-2-1-3(7)8-4/h1-2H2. The van der Waals surface area contributed by atoms with Crippen LogP contribution in [0.4, 0.5) is 0 Å². The van der Waals surface area contributed by atoms with Gasteiger partial charge in [-0.1, -0.05) is 24.0 Å². The number of aliphatic imine (C=N–C) groups is 1. The molecule has 1 aliphatic rings. The largest absolute Gasteiger partial charge is 0.271 e. The van der Waals surface area contributed by atoms with E-state index in [2.05, 4.69) is 27.6 Å². The average molecular weight is 257 g/mol. The molecule has 0 aliphatic carbocycles. The van der Waals surface area contributed by atoms with Crippen molar-refractivity contribution < 1.29 is 0 Å². The number of thiocarbonyl (C=S) groups is 1. The summed E-state index contributed by atoms with van der Waals surface area (Å²) in [5, 5.41) is 0. The maximum atomic E-state index is 4.96. The van der Waals surface area contributed by atoms with E-state index in [0.29, 0.717) is 0 Å². The molecule has 0 atom stereocenters. The molecule has 0 bridgehead atoms. The molecule has 0 N–H and O–H groups in total. The highest BCUT2D eigenvalue weighted by atomic mass is 127. The van der Waals surface area contributed by atoms with Crippen LogP contribution in [0, 0.1) is 0 Å². The van der Waals surface area contributed by atoms with Crippen molar-refractivity contribution in [2.24, 2.45) is 4.99 Å². The van der Waals surface area contributed by atoms with E-state index in [4.69, 9.17) is 12.2 Å². The van der Waals surface area contributed by atoms with Gasteiger partial charge >= 0.3 is 0 Å². The SMILES string of the molecule is S=C1CCN=C(I)S1. The average Bonchev–Trinajstić information content (AvgIpc) is 1.64. The fourth-order valence-corrected chi connectivity index (χ4v) is 2.76. The van der Waals surface area contributed by atoms with Gasteiger partial charge in [0.05, 0.1) is 4.20 Å². The molecular formula is C4H4INS2. The Balaban J connectivity index is 2.57. The van der Waals surface area contributed by atoms with Crippen LogP contribution in [-0.2, 0) is 0 Å². The summed E-state index contributed by atoms with van der Waals surface area (Å²) in [5.74, 6) is 0. The molecule has 1 aliphatic heterocycles. The Kier molecular flexibility index (Phi) is 2.71. The second-order valence-corrected chi connectivity index (χ2v) is 4.95. The van der Waals surface area contributed by atoms with Gasteiger partial charge in [0.15, 0.2) is 0 Å². The summed E-state index contributed by atoms with van der Waals surface area (Å²) in [6, 6.07) is 0. The minimum Gasteiger partial charge on any atom is -0.271 e. The van der Waals surface area contributed by atoms with Crippen molar-refractivity contribution in [3.05, 3.63) is 0 Å². The van der Waals surface area contributed by atoms with Gasteiger partial charge in [-0.2, -0.15) is 0 Å². The monoisotopic (exact) mass is 257 g/mol. The van der Waals surface area contributed by atoms with Crippen LogP contribution in [0.2, 0.25) is 0 Å². The quantitative estimate of drug-likeness (QED) is 0.487. The number of hydrogen-bond acceptors (Lipinski definition) is 3. The molecule has 0 saturated carbocycles. The predicted molar refractivity (Wildman–Crippen MR) is 51.1 cm³/mol. The van der Waals surface area contributed by atoms with E-state index in [-0.39, 0.29) is 0 Å². The number of nitrogens with zero attached hydrogens (tertiary/aromatic N) is 1. The van der Waals surface area contributed by atoms with Crippen LogP contribution in [0.1, 0.15) is 6.42 Å². The van der Waals surface area contributed by atoms with Gasteiger partial charge in [-0.3, -0.25) is 4.99 Å². The number of thioether (sulfide) groups is 1. The maximum absolute atomic E-state index is 4.96. The first kappa shape index (κ1) is 6.95. The van der Waals surface area contributed by atoms with Crippen LogP contribution >= 0.6 is 46.6 Å². The number of halogens is 1. The molecule has 0 unspecified atom stereocenters. The second kappa shape index (κ2) is 3.12. The van der Waals surface area contributed by atoms with E-state index in [1.807, 2.05) is 0 Å². The highest BCUT2D eigenvalue weighted by molar-refractivity contribution is 14.1. The minimum absolute atomic E-state index is 0.893. The van der Waals surface area contributed by atoms with E-state index in [1.165, 1.54) is 0 Å². The van der Waals surface area contributed by atoms with Gasteiger partial charge in [-0.25, -0.2) is 0 Å². The van der Waals surface area contributed by atoms with E-state index in [1.54, 1.807) is 11.8 Å². The second-order valence-electron chi connectivity index (χ2n) is 1.36. The molecule has 0 aromatic carbocycles. The summed E-state index contributed by atoms with van der Waals surface area (Å²) in [7, 11) is 0. The van der Waals surface area contributed by atoms with Gasteiger partial charge in [0.25, 0.3) is 0 Å². The predicted octanol–water partition coefficient (Wildman–Crippen LogP) is 2.24. The fourth-order valence-electron chi connectivity index (χ4n) is 0.412. The molecule has 1 heterocycles. The molecular weight excluding hydrogens is 253 g/mol. The Morgan fingerprint density at radius 2 is 2.50 bits per heavy atom. The zero-order valence-electron chi connectivity index (χ0n) is 4.06. The third-order valence-electron chi connectivity index (χ3n) is 0.750. The first-order chi connectivity index (χ1) is 3.79. The lowest BCUT2D eigenvalue weighted by molar-refractivity contribution is 1.07. The lowest BCUT2D eigenvalue weighted by Crippen LogP contribution is -2.01. The molecule has 1 rings (SSSR count).